The van der Waals surface area contributed by atoms with Crippen LogP contribution in [0.4, 0.5) is 0 Å². The van der Waals surface area contributed by atoms with Gasteiger partial charge in [-0.05, 0) is 0 Å². The summed E-state index contributed by atoms with van der Waals surface area (Å²) < 4.78 is 16.5. The normalized spacial score (nSPS) is 12.1. The van der Waals surface area contributed by atoms with Crippen LogP contribution in [0.3, 0.4) is 0 Å². The van der Waals surface area contributed by atoms with Gasteiger partial charge in [-0.25, -0.2) is 0 Å². The Balaban J connectivity index is 1.83. The molecule has 0 aliphatic heterocycles. The van der Waals surface area contributed by atoms with Crippen molar-refractivity contribution in [2.45, 2.75) is 6.16 Å². The molecule has 0 saturated heterocycles. The van der Waals surface area contributed by atoms with Crippen molar-refractivity contribution in [3.63, 3.8) is 0 Å². The molecular weight excluding hydrogens is 595 g/mol. The molecule has 0 heterocycles. The quantitative estimate of drug-likeness (QED) is 0.126. The number of carbonyl (C=O) groups excluding carboxylic acids is 1. The van der Waals surface area contributed by atoms with E-state index >= 15 is 0 Å². The maximum atomic E-state index is 12.3. The van der Waals surface area contributed by atoms with Crippen LogP contribution in [-0.4, -0.2) is 27.3 Å². The van der Waals surface area contributed by atoms with Crippen LogP contribution in [-0.2, 0) is 10.9 Å². The van der Waals surface area contributed by atoms with Crippen LogP contribution in [0.25, 0.3) is 11.1 Å². The molecule has 208 valence electrons. The van der Waals surface area contributed by atoms with Gasteiger partial charge in [0.1, 0.15) is 0 Å². The molecule has 0 unspecified atom stereocenters. The molecule has 0 radical (unpaired) electrons. The van der Waals surface area contributed by atoms with E-state index in [1.54, 1.807) is 26.4 Å². The van der Waals surface area contributed by atoms with Gasteiger partial charge in [-0.1, -0.05) is 0 Å². The van der Waals surface area contributed by atoms with E-state index in [-0.39, 0.29) is 0 Å². The zero-order valence-electron chi connectivity index (χ0n) is 23.3. The van der Waals surface area contributed by atoms with Crippen LogP contribution in [0.5, 0.6) is 11.5 Å². The van der Waals surface area contributed by atoms with Gasteiger partial charge in [0.05, 0.1) is 0 Å². The zero-order valence-corrected chi connectivity index (χ0v) is 25.8. The number of rotatable bonds is 9. The van der Waals surface area contributed by atoms with E-state index in [0.29, 0.717) is 17.5 Å². The number of hydrogen-bond donors (Lipinski definition) is 0. The molecule has 0 bridgehead atoms. The molecule has 0 amide bonds. The number of carbonyl (C=O) groups is 1. The van der Waals surface area contributed by atoms with E-state index in [4.69, 9.17) is 14.2 Å². The molecule has 0 N–H and O–H groups in total. The van der Waals surface area contributed by atoms with Gasteiger partial charge in [-0.15, -0.1) is 0 Å². The van der Waals surface area contributed by atoms with Gasteiger partial charge in [0.15, 0.2) is 0 Å². The Bertz CT molecular complexity index is 1560. The van der Waals surface area contributed by atoms with E-state index in [1.807, 2.05) is 12.1 Å². The molecule has 0 atom stereocenters. The van der Waals surface area contributed by atoms with Crippen LogP contribution in [0.15, 0.2) is 127 Å². The fourth-order valence-electron chi connectivity index (χ4n) is 5.51. The first-order valence-electron chi connectivity index (χ1n) is 13.3. The predicted molar refractivity (Wildman–Crippen MR) is 174 cm³/mol. The standard InChI is InChI=1S/C35H32BrO4P/c1-38-28-20-22-32(33-21-19-26(35(37)40-3)24-34(33)39-2)27(23-28)25-41(36,29-13-7-4-8-14-29,30-15-9-5-10-16-30)31-17-11-6-12-18-31/h4-24H,25H2,1-3H3. The van der Waals surface area contributed by atoms with Gasteiger partial charge in [0, 0.05) is 0 Å². The summed E-state index contributed by atoms with van der Waals surface area (Å²) >= 11 is 4.58. The maximum absolute atomic E-state index is 12.3. The minimum atomic E-state index is -3.31. The summed E-state index contributed by atoms with van der Waals surface area (Å²) in [6.07, 6.45) is 0.665. The summed E-state index contributed by atoms with van der Waals surface area (Å²) in [6.45, 7) is 0. The molecule has 0 saturated carbocycles. The number of hydrogen-bond acceptors (Lipinski definition) is 4. The molecule has 6 heteroatoms. The summed E-state index contributed by atoms with van der Waals surface area (Å²) in [7, 11) is 4.68. The van der Waals surface area contributed by atoms with Crippen molar-refractivity contribution in [1.82, 2.24) is 0 Å². The van der Waals surface area contributed by atoms with Gasteiger partial charge in [-0.2, -0.15) is 0 Å². The topological polar surface area (TPSA) is 44.8 Å². The predicted octanol–water partition coefficient (Wildman–Crippen LogP) is 7.50. The molecule has 5 aromatic rings. The van der Waals surface area contributed by atoms with Gasteiger partial charge >= 0.3 is 250 Å². The van der Waals surface area contributed by atoms with E-state index < -0.39 is 11.3 Å². The Labute approximate surface area is 249 Å². The zero-order chi connectivity index (χ0) is 28.9. The first-order valence-corrected chi connectivity index (χ1v) is 17.7. The molecule has 0 aromatic heterocycles. The number of halogens is 1. The SMILES string of the molecule is COC(=O)c1ccc(-c2ccc(OC)cc2CP(Br)(c2ccccc2)(c2ccccc2)c2ccccc2)c(OC)c1. The first kappa shape index (κ1) is 28.6. The summed E-state index contributed by atoms with van der Waals surface area (Å²) in [5.41, 5.74) is 3.39. The Morgan fingerprint density at radius 1 is 0.634 bits per heavy atom. The Morgan fingerprint density at radius 2 is 1.15 bits per heavy atom. The third kappa shape index (κ3) is 5.16. The van der Waals surface area contributed by atoms with Crippen molar-refractivity contribution in [3.05, 3.63) is 139 Å². The molecule has 0 aliphatic carbocycles. The molecule has 0 fully saturated rings. The fourth-order valence-corrected chi connectivity index (χ4v) is 13.2. The number of ether oxygens (including phenoxy) is 3. The molecule has 0 aliphatic rings. The van der Waals surface area contributed by atoms with Crippen LogP contribution < -0.4 is 25.4 Å². The fraction of sp³-hybridized carbons (Fsp3) is 0.114. The number of methoxy groups -OCH3 is 3. The van der Waals surface area contributed by atoms with Crippen molar-refractivity contribution in [2.75, 3.05) is 21.3 Å². The van der Waals surface area contributed by atoms with Gasteiger partial charge in [-0.3, -0.25) is 0 Å². The molecule has 5 aromatic carbocycles. The van der Waals surface area contributed by atoms with Gasteiger partial charge in [0.25, 0.3) is 0 Å². The van der Waals surface area contributed by atoms with Crippen molar-refractivity contribution in [1.29, 1.82) is 0 Å². The molecular formula is C35H32BrO4P. The molecule has 0 spiro atoms. The van der Waals surface area contributed by atoms with Gasteiger partial charge in [0.2, 0.25) is 0 Å². The average molecular weight is 628 g/mol. The monoisotopic (exact) mass is 626 g/mol. The molecule has 5 rings (SSSR count). The molecule has 4 nitrogen and oxygen atoms in total. The van der Waals surface area contributed by atoms with Crippen LogP contribution in [0.1, 0.15) is 15.9 Å². The molecule has 41 heavy (non-hydrogen) atoms. The van der Waals surface area contributed by atoms with Crippen LogP contribution in [0, 0.1) is 0 Å². The Kier molecular flexibility index (Phi) is 8.30. The van der Waals surface area contributed by atoms with Crippen LogP contribution >= 0.6 is 20.8 Å². The second kappa shape index (κ2) is 11.9. The second-order valence-electron chi connectivity index (χ2n) is 9.78. The average Bonchev–Trinajstić information content (AvgIpc) is 3.05. The van der Waals surface area contributed by atoms with Crippen molar-refractivity contribution in [3.8, 4) is 22.6 Å². The third-order valence-electron chi connectivity index (χ3n) is 7.58. The Hall–Kier alpha value is -3.92. The third-order valence-corrected chi connectivity index (χ3v) is 17.1. The minimum absolute atomic E-state index is 0.410. The van der Waals surface area contributed by atoms with E-state index in [2.05, 4.69) is 119 Å². The number of benzene rings is 5. The van der Waals surface area contributed by atoms with Gasteiger partial charge < -0.3 is 0 Å². The second-order valence-corrected chi connectivity index (χ2v) is 18.7. The van der Waals surface area contributed by atoms with Crippen molar-refractivity contribution in [2.24, 2.45) is 0 Å². The first-order chi connectivity index (χ1) is 19.9. The number of esters is 1. The Morgan fingerprint density at radius 3 is 1.61 bits per heavy atom. The van der Waals surface area contributed by atoms with Crippen molar-refractivity contribution < 1.29 is 19.0 Å². The summed E-state index contributed by atoms with van der Waals surface area (Å²) in [5.74, 6) is 0.946. The van der Waals surface area contributed by atoms with Crippen LogP contribution in [0.2, 0.25) is 0 Å². The van der Waals surface area contributed by atoms with E-state index in [9.17, 15) is 4.79 Å². The summed E-state index contributed by atoms with van der Waals surface area (Å²) in [4.78, 5) is 12.3. The van der Waals surface area contributed by atoms with E-state index in [1.165, 1.54) is 23.0 Å². The van der Waals surface area contributed by atoms with Crippen molar-refractivity contribution >= 4 is 42.7 Å². The summed E-state index contributed by atoms with van der Waals surface area (Å²) in [5, 5.41) is 0.347. The van der Waals surface area contributed by atoms with E-state index in [0.717, 1.165) is 22.4 Å². The summed E-state index contributed by atoms with van der Waals surface area (Å²) in [6, 6.07) is 43.7.